The first kappa shape index (κ1) is 15.0. The van der Waals surface area contributed by atoms with Gasteiger partial charge in [-0.15, -0.1) is 0 Å². The second-order valence-corrected chi connectivity index (χ2v) is 5.69. The van der Waals surface area contributed by atoms with Gasteiger partial charge in [-0.25, -0.2) is 4.79 Å². The lowest BCUT2D eigenvalue weighted by molar-refractivity contribution is -0.144. The number of nitrogens with one attached hydrogen (secondary N) is 1. The summed E-state index contributed by atoms with van der Waals surface area (Å²) in [5, 5.41) is 11.7. The van der Waals surface area contributed by atoms with Crippen LogP contribution in [0.25, 0.3) is 0 Å². The average Bonchev–Trinajstić information content (AvgIpc) is 2.35. The first-order chi connectivity index (χ1) is 8.45. The Balaban J connectivity index is 2.48. The predicted molar refractivity (Wildman–Crippen MR) is 70.1 cm³/mol. The Morgan fingerprint density at radius 2 is 1.78 bits per heavy atom. The number of carboxylic acid groups (broad SMARTS) is 1. The smallest absolute Gasteiger partial charge is 0.326 e. The Morgan fingerprint density at radius 3 is 2.17 bits per heavy atom. The summed E-state index contributed by atoms with van der Waals surface area (Å²) in [6, 6.07) is -0.763. The minimum Gasteiger partial charge on any atom is -0.480 e. The van der Waals surface area contributed by atoms with Crippen molar-refractivity contribution in [1.29, 1.82) is 0 Å². The maximum Gasteiger partial charge on any atom is 0.326 e. The van der Waals surface area contributed by atoms with Crippen LogP contribution in [-0.2, 0) is 9.59 Å². The van der Waals surface area contributed by atoms with Gasteiger partial charge in [0.1, 0.15) is 6.04 Å². The minimum absolute atomic E-state index is 0.00778. The topological polar surface area (TPSA) is 66.4 Å². The lowest BCUT2D eigenvalue weighted by Gasteiger charge is -2.28. The molecule has 4 nitrogen and oxygen atoms in total. The normalized spacial score (nSPS) is 25.8. The SMILES string of the molecule is CCC1CCC(C(=O)N[C@@H](C(=O)O)C(C)C)CC1. The second kappa shape index (κ2) is 6.76. The number of aliphatic carboxylic acids is 1. The van der Waals surface area contributed by atoms with Crippen LogP contribution in [0.4, 0.5) is 0 Å². The van der Waals surface area contributed by atoms with E-state index in [0.717, 1.165) is 31.6 Å². The molecule has 0 heterocycles. The molecule has 1 amide bonds. The van der Waals surface area contributed by atoms with Gasteiger partial charge in [-0.05, 0) is 37.5 Å². The van der Waals surface area contributed by atoms with Crippen molar-refractivity contribution in [2.75, 3.05) is 0 Å². The molecule has 0 aliphatic heterocycles. The molecule has 1 atom stereocenters. The zero-order valence-corrected chi connectivity index (χ0v) is 11.6. The number of carbonyl (C=O) groups is 2. The summed E-state index contributed by atoms with van der Waals surface area (Å²) in [7, 11) is 0. The van der Waals surface area contributed by atoms with Gasteiger partial charge >= 0.3 is 5.97 Å². The number of hydrogen-bond acceptors (Lipinski definition) is 2. The lowest BCUT2D eigenvalue weighted by atomic mass is 9.80. The lowest BCUT2D eigenvalue weighted by Crippen LogP contribution is -2.47. The van der Waals surface area contributed by atoms with Crippen molar-refractivity contribution in [2.24, 2.45) is 17.8 Å². The van der Waals surface area contributed by atoms with E-state index in [-0.39, 0.29) is 17.7 Å². The van der Waals surface area contributed by atoms with Crippen molar-refractivity contribution < 1.29 is 14.7 Å². The van der Waals surface area contributed by atoms with Gasteiger partial charge in [0.05, 0.1) is 0 Å². The maximum absolute atomic E-state index is 12.0. The number of carbonyl (C=O) groups excluding carboxylic acids is 1. The highest BCUT2D eigenvalue weighted by atomic mass is 16.4. The molecule has 0 aromatic rings. The van der Waals surface area contributed by atoms with E-state index in [1.54, 1.807) is 0 Å². The third kappa shape index (κ3) is 4.00. The fourth-order valence-electron chi connectivity index (χ4n) is 2.62. The quantitative estimate of drug-likeness (QED) is 0.793. The van der Waals surface area contributed by atoms with E-state index in [0.29, 0.717) is 0 Å². The van der Waals surface area contributed by atoms with Gasteiger partial charge in [0, 0.05) is 5.92 Å². The largest absolute Gasteiger partial charge is 0.480 e. The molecule has 0 bridgehead atoms. The summed E-state index contributed by atoms with van der Waals surface area (Å²) < 4.78 is 0. The molecule has 0 aromatic carbocycles. The van der Waals surface area contributed by atoms with Crippen LogP contribution in [-0.4, -0.2) is 23.0 Å². The zero-order valence-electron chi connectivity index (χ0n) is 11.6. The van der Waals surface area contributed by atoms with Crippen LogP contribution in [0.1, 0.15) is 52.9 Å². The molecule has 1 rings (SSSR count). The molecule has 4 heteroatoms. The molecular weight excluding hydrogens is 230 g/mol. The molecule has 1 aliphatic rings. The fraction of sp³-hybridized carbons (Fsp3) is 0.857. The highest BCUT2D eigenvalue weighted by Gasteiger charge is 2.29. The van der Waals surface area contributed by atoms with Gasteiger partial charge < -0.3 is 10.4 Å². The van der Waals surface area contributed by atoms with Crippen LogP contribution in [0.15, 0.2) is 0 Å². The minimum atomic E-state index is -0.944. The number of hydrogen-bond donors (Lipinski definition) is 2. The first-order valence-electron chi connectivity index (χ1n) is 6.98. The molecule has 0 radical (unpaired) electrons. The highest BCUT2D eigenvalue weighted by molar-refractivity contribution is 5.85. The highest BCUT2D eigenvalue weighted by Crippen LogP contribution is 2.30. The van der Waals surface area contributed by atoms with Gasteiger partial charge in [0.25, 0.3) is 0 Å². The molecule has 0 unspecified atom stereocenters. The molecular formula is C14H25NO3. The molecule has 1 aliphatic carbocycles. The van der Waals surface area contributed by atoms with Crippen LogP contribution in [0.5, 0.6) is 0 Å². The Labute approximate surface area is 109 Å². The Morgan fingerprint density at radius 1 is 1.22 bits per heavy atom. The molecule has 1 fully saturated rings. The van der Waals surface area contributed by atoms with Crippen molar-refractivity contribution in [3.05, 3.63) is 0 Å². The Bertz CT molecular complexity index is 293. The van der Waals surface area contributed by atoms with E-state index >= 15 is 0 Å². The molecule has 0 aromatic heterocycles. The van der Waals surface area contributed by atoms with Crippen molar-refractivity contribution >= 4 is 11.9 Å². The Hall–Kier alpha value is -1.06. The second-order valence-electron chi connectivity index (χ2n) is 5.69. The van der Waals surface area contributed by atoms with Crippen molar-refractivity contribution in [1.82, 2.24) is 5.32 Å². The van der Waals surface area contributed by atoms with E-state index in [2.05, 4.69) is 12.2 Å². The summed E-state index contributed by atoms with van der Waals surface area (Å²) in [4.78, 5) is 23.1. The van der Waals surface area contributed by atoms with Crippen molar-refractivity contribution in [2.45, 2.75) is 58.9 Å². The molecule has 18 heavy (non-hydrogen) atoms. The van der Waals surface area contributed by atoms with E-state index in [1.165, 1.54) is 6.42 Å². The predicted octanol–water partition coefficient (Wildman–Crippen LogP) is 2.43. The van der Waals surface area contributed by atoms with E-state index in [1.807, 2.05) is 13.8 Å². The van der Waals surface area contributed by atoms with Crippen LogP contribution in [0.2, 0.25) is 0 Å². The fourth-order valence-corrected chi connectivity index (χ4v) is 2.62. The summed E-state index contributed by atoms with van der Waals surface area (Å²) in [6.45, 7) is 5.81. The zero-order chi connectivity index (χ0) is 13.7. The monoisotopic (exact) mass is 255 g/mol. The van der Waals surface area contributed by atoms with Gasteiger partial charge in [-0.2, -0.15) is 0 Å². The molecule has 0 spiro atoms. The summed E-state index contributed by atoms with van der Waals surface area (Å²) in [6.07, 6.45) is 5.16. The molecule has 0 saturated heterocycles. The maximum atomic E-state index is 12.0. The standard InChI is InChI=1S/C14H25NO3/c1-4-10-5-7-11(8-6-10)13(16)15-12(9(2)3)14(17)18/h9-12H,4-8H2,1-3H3,(H,15,16)(H,17,18)/t10?,11?,12-/m1/s1. The first-order valence-corrected chi connectivity index (χ1v) is 6.98. The van der Waals surface area contributed by atoms with Gasteiger partial charge in [0.2, 0.25) is 5.91 Å². The van der Waals surface area contributed by atoms with Crippen molar-refractivity contribution in [3.63, 3.8) is 0 Å². The number of rotatable bonds is 5. The number of amides is 1. The van der Waals surface area contributed by atoms with E-state index in [9.17, 15) is 9.59 Å². The Kier molecular flexibility index (Phi) is 5.63. The van der Waals surface area contributed by atoms with Gasteiger partial charge in [-0.3, -0.25) is 4.79 Å². The number of carboxylic acids is 1. The molecule has 1 saturated carbocycles. The van der Waals surface area contributed by atoms with E-state index < -0.39 is 12.0 Å². The van der Waals surface area contributed by atoms with Crippen molar-refractivity contribution in [3.8, 4) is 0 Å². The van der Waals surface area contributed by atoms with Crippen LogP contribution >= 0.6 is 0 Å². The van der Waals surface area contributed by atoms with Crippen LogP contribution in [0, 0.1) is 17.8 Å². The van der Waals surface area contributed by atoms with Gasteiger partial charge in [-0.1, -0.05) is 27.2 Å². The summed E-state index contributed by atoms with van der Waals surface area (Å²) in [5.41, 5.74) is 0. The average molecular weight is 255 g/mol. The summed E-state index contributed by atoms with van der Waals surface area (Å²) in [5.74, 6) is -0.354. The molecule has 104 valence electrons. The van der Waals surface area contributed by atoms with Gasteiger partial charge in [0.15, 0.2) is 0 Å². The van der Waals surface area contributed by atoms with Crippen LogP contribution < -0.4 is 5.32 Å². The van der Waals surface area contributed by atoms with Crippen LogP contribution in [0.3, 0.4) is 0 Å². The summed E-state index contributed by atoms with van der Waals surface area (Å²) >= 11 is 0. The third-order valence-electron chi connectivity index (χ3n) is 4.03. The third-order valence-corrected chi connectivity index (χ3v) is 4.03. The molecule has 2 N–H and O–H groups in total. The van der Waals surface area contributed by atoms with E-state index in [4.69, 9.17) is 5.11 Å².